The summed E-state index contributed by atoms with van der Waals surface area (Å²) in [4.78, 5) is 31.6. The second kappa shape index (κ2) is 9.43. The minimum Gasteiger partial charge on any atom is -0.342 e. The Kier molecular flexibility index (Phi) is 6.47. The zero-order valence-corrected chi connectivity index (χ0v) is 17.8. The second-order valence-corrected chi connectivity index (χ2v) is 8.28. The van der Waals surface area contributed by atoms with E-state index >= 15 is 0 Å². The van der Waals surface area contributed by atoms with Crippen molar-refractivity contribution in [3.63, 3.8) is 0 Å². The number of nitrogens with zero attached hydrogens (tertiary/aromatic N) is 5. The lowest BCUT2D eigenvalue weighted by Gasteiger charge is -2.35. The number of para-hydroxylation sites is 1. The maximum atomic E-state index is 13.0. The minimum absolute atomic E-state index is 0.0359. The summed E-state index contributed by atoms with van der Waals surface area (Å²) in [5.41, 5.74) is 2.36. The van der Waals surface area contributed by atoms with Crippen molar-refractivity contribution in [2.24, 2.45) is 0 Å². The van der Waals surface area contributed by atoms with Crippen LogP contribution < -0.4 is 0 Å². The summed E-state index contributed by atoms with van der Waals surface area (Å²) in [6.07, 6.45) is 4.68. The van der Waals surface area contributed by atoms with Gasteiger partial charge in [0.1, 0.15) is 0 Å². The van der Waals surface area contributed by atoms with Crippen LogP contribution in [0.2, 0.25) is 0 Å². The van der Waals surface area contributed by atoms with Gasteiger partial charge in [0.15, 0.2) is 5.69 Å². The molecule has 160 valence electrons. The molecule has 0 radical (unpaired) electrons. The van der Waals surface area contributed by atoms with Gasteiger partial charge in [0, 0.05) is 45.0 Å². The smallest absolute Gasteiger partial charge is 0.274 e. The number of carbonyl (C=O) groups is 2. The number of hydrogen-bond donors (Lipinski definition) is 0. The molecular formula is C23H31N5O2. The van der Waals surface area contributed by atoms with Crippen molar-refractivity contribution in [2.45, 2.75) is 32.6 Å². The van der Waals surface area contributed by atoms with Crippen LogP contribution in [0.25, 0.3) is 5.69 Å². The fraction of sp³-hybridized carbons (Fsp3) is 0.522. The first kappa shape index (κ1) is 20.6. The van der Waals surface area contributed by atoms with Gasteiger partial charge in [-0.3, -0.25) is 14.5 Å². The van der Waals surface area contributed by atoms with E-state index in [0.717, 1.165) is 50.4 Å². The molecule has 0 spiro atoms. The molecule has 0 aliphatic carbocycles. The molecule has 2 aliphatic heterocycles. The number of piperazine rings is 1. The van der Waals surface area contributed by atoms with E-state index in [1.807, 2.05) is 57.8 Å². The third kappa shape index (κ3) is 4.73. The lowest BCUT2D eigenvalue weighted by Crippen LogP contribution is -2.51. The molecule has 2 saturated heterocycles. The lowest BCUT2D eigenvalue weighted by atomic mass is 10.2. The summed E-state index contributed by atoms with van der Waals surface area (Å²) in [6.45, 7) is 6.91. The lowest BCUT2D eigenvalue weighted by molar-refractivity contribution is -0.132. The molecule has 7 nitrogen and oxygen atoms in total. The number of hydrogen-bond acceptors (Lipinski definition) is 4. The Labute approximate surface area is 178 Å². The van der Waals surface area contributed by atoms with E-state index in [4.69, 9.17) is 0 Å². The van der Waals surface area contributed by atoms with Gasteiger partial charge in [0.25, 0.3) is 5.91 Å². The van der Waals surface area contributed by atoms with Gasteiger partial charge in [-0.05, 0) is 38.0 Å². The van der Waals surface area contributed by atoms with Crippen molar-refractivity contribution >= 4 is 11.8 Å². The monoisotopic (exact) mass is 409 g/mol. The van der Waals surface area contributed by atoms with Gasteiger partial charge in [-0.15, -0.1) is 0 Å². The first-order valence-corrected chi connectivity index (χ1v) is 11.0. The van der Waals surface area contributed by atoms with E-state index in [0.29, 0.717) is 25.3 Å². The van der Waals surface area contributed by atoms with Crippen LogP contribution in [0.15, 0.2) is 36.4 Å². The average Bonchev–Trinajstić information content (AvgIpc) is 2.98. The molecule has 3 heterocycles. The highest BCUT2D eigenvalue weighted by atomic mass is 16.2. The van der Waals surface area contributed by atoms with E-state index in [-0.39, 0.29) is 11.8 Å². The van der Waals surface area contributed by atoms with Crippen LogP contribution in [-0.4, -0.2) is 82.1 Å². The Hall–Kier alpha value is -2.67. The van der Waals surface area contributed by atoms with Gasteiger partial charge >= 0.3 is 0 Å². The number of rotatable bonds is 4. The Morgan fingerprint density at radius 1 is 0.867 bits per heavy atom. The van der Waals surface area contributed by atoms with Crippen LogP contribution in [0.3, 0.4) is 0 Å². The molecule has 1 aromatic carbocycles. The third-order valence-electron chi connectivity index (χ3n) is 6.08. The van der Waals surface area contributed by atoms with Crippen LogP contribution in [0, 0.1) is 6.92 Å². The predicted molar refractivity (Wildman–Crippen MR) is 116 cm³/mol. The fourth-order valence-electron chi connectivity index (χ4n) is 4.29. The summed E-state index contributed by atoms with van der Waals surface area (Å²) in [5, 5.41) is 4.54. The van der Waals surface area contributed by atoms with Gasteiger partial charge in [-0.2, -0.15) is 5.10 Å². The molecule has 0 unspecified atom stereocenters. The number of likely N-dealkylation sites (tertiary alicyclic amines) is 1. The van der Waals surface area contributed by atoms with Gasteiger partial charge < -0.3 is 9.80 Å². The molecule has 1 aromatic heterocycles. The maximum Gasteiger partial charge on any atom is 0.274 e. The molecule has 0 N–H and O–H groups in total. The Balaban J connectivity index is 1.32. The maximum absolute atomic E-state index is 13.0. The zero-order chi connectivity index (χ0) is 20.9. The fourth-order valence-corrected chi connectivity index (χ4v) is 4.29. The number of amides is 2. The van der Waals surface area contributed by atoms with Crippen molar-refractivity contribution in [1.29, 1.82) is 0 Å². The molecule has 7 heteroatoms. The van der Waals surface area contributed by atoms with Crippen LogP contribution in [-0.2, 0) is 4.79 Å². The van der Waals surface area contributed by atoms with Crippen LogP contribution in [0.5, 0.6) is 0 Å². The highest BCUT2D eigenvalue weighted by molar-refractivity contribution is 5.92. The Morgan fingerprint density at radius 3 is 2.20 bits per heavy atom. The van der Waals surface area contributed by atoms with Crippen molar-refractivity contribution in [3.8, 4) is 5.69 Å². The van der Waals surface area contributed by atoms with Crippen molar-refractivity contribution in [2.75, 3.05) is 45.8 Å². The van der Waals surface area contributed by atoms with Gasteiger partial charge in [-0.1, -0.05) is 31.0 Å². The summed E-state index contributed by atoms with van der Waals surface area (Å²) in [6, 6.07) is 11.7. The van der Waals surface area contributed by atoms with E-state index in [2.05, 4.69) is 10.00 Å². The van der Waals surface area contributed by atoms with Crippen molar-refractivity contribution < 1.29 is 9.59 Å². The number of aryl methyl sites for hydroxylation is 1. The highest BCUT2D eigenvalue weighted by Crippen LogP contribution is 2.15. The second-order valence-electron chi connectivity index (χ2n) is 8.28. The van der Waals surface area contributed by atoms with Crippen molar-refractivity contribution in [3.05, 3.63) is 47.8 Å². The minimum atomic E-state index is -0.0359. The quantitative estimate of drug-likeness (QED) is 0.778. The van der Waals surface area contributed by atoms with E-state index < -0.39 is 0 Å². The molecule has 2 aromatic rings. The molecule has 2 fully saturated rings. The third-order valence-corrected chi connectivity index (χ3v) is 6.08. The zero-order valence-electron chi connectivity index (χ0n) is 17.8. The van der Waals surface area contributed by atoms with E-state index in [1.54, 1.807) is 0 Å². The van der Waals surface area contributed by atoms with Crippen LogP contribution in [0.4, 0.5) is 0 Å². The standard InChI is InChI=1S/C23H31N5O2/c1-19-17-21(24-28(19)20-9-5-4-6-10-20)23(30)27-15-13-25(14-16-27)18-22(29)26-11-7-2-3-8-12-26/h4-6,9-10,17H,2-3,7-8,11-16,18H2,1H3. The van der Waals surface area contributed by atoms with Crippen LogP contribution >= 0.6 is 0 Å². The molecule has 2 amide bonds. The topological polar surface area (TPSA) is 61.7 Å². The van der Waals surface area contributed by atoms with Crippen molar-refractivity contribution in [1.82, 2.24) is 24.5 Å². The molecule has 4 rings (SSSR count). The first-order chi connectivity index (χ1) is 14.6. The molecule has 2 aliphatic rings. The molecule has 0 bridgehead atoms. The number of carbonyl (C=O) groups excluding carboxylic acids is 2. The predicted octanol–water partition coefficient (Wildman–Crippen LogP) is 2.34. The summed E-state index contributed by atoms with van der Waals surface area (Å²) in [7, 11) is 0. The Morgan fingerprint density at radius 2 is 1.53 bits per heavy atom. The number of benzene rings is 1. The Bertz CT molecular complexity index is 863. The summed E-state index contributed by atoms with van der Waals surface area (Å²) in [5.74, 6) is 0.195. The molecule has 0 saturated carbocycles. The van der Waals surface area contributed by atoms with Crippen LogP contribution in [0.1, 0.15) is 41.9 Å². The van der Waals surface area contributed by atoms with E-state index in [9.17, 15) is 9.59 Å². The largest absolute Gasteiger partial charge is 0.342 e. The van der Waals surface area contributed by atoms with Gasteiger partial charge in [0.05, 0.1) is 12.2 Å². The normalized spacial score (nSPS) is 18.3. The molecule has 0 atom stereocenters. The summed E-state index contributed by atoms with van der Waals surface area (Å²) >= 11 is 0. The highest BCUT2D eigenvalue weighted by Gasteiger charge is 2.26. The molecular weight excluding hydrogens is 378 g/mol. The van der Waals surface area contributed by atoms with E-state index in [1.165, 1.54) is 12.8 Å². The summed E-state index contributed by atoms with van der Waals surface area (Å²) < 4.78 is 1.81. The average molecular weight is 410 g/mol. The van der Waals surface area contributed by atoms with Gasteiger partial charge in [0.2, 0.25) is 5.91 Å². The SMILES string of the molecule is Cc1cc(C(=O)N2CCN(CC(=O)N3CCCCCC3)CC2)nn1-c1ccccc1. The molecule has 30 heavy (non-hydrogen) atoms. The number of aromatic nitrogens is 2. The first-order valence-electron chi connectivity index (χ1n) is 11.0. The van der Waals surface area contributed by atoms with Gasteiger partial charge in [-0.25, -0.2) is 4.68 Å².